The Morgan fingerprint density at radius 3 is 2.84 bits per heavy atom. The third-order valence-electron chi connectivity index (χ3n) is 3.34. The van der Waals surface area contributed by atoms with Crippen molar-refractivity contribution in [2.24, 2.45) is 0 Å². The van der Waals surface area contributed by atoms with Gasteiger partial charge in [0, 0.05) is 27.6 Å². The highest BCUT2D eigenvalue weighted by Gasteiger charge is 2.33. The van der Waals surface area contributed by atoms with Gasteiger partial charge in [-0.15, -0.1) is 0 Å². The summed E-state index contributed by atoms with van der Waals surface area (Å²) in [5.74, 6) is 1.86. The van der Waals surface area contributed by atoms with Crippen LogP contribution >= 0.6 is 23.5 Å². The molecular formula is C14H19FO2S2. The Hall–Kier alpha value is -0.390. The van der Waals surface area contributed by atoms with Crippen LogP contribution in [0.2, 0.25) is 0 Å². The first-order valence-corrected chi connectivity index (χ1v) is 8.52. The molecule has 1 saturated heterocycles. The number of thioether (sulfide) groups is 2. The molecule has 1 fully saturated rings. The van der Waals surface area contributed by atoms with E-state index in [2.05, 4.69) is 6.92 Å². The summed E-state index contributed by atoms with van der Waals surface area (Å²) in [6, 6.07) is 4.95. The van der Waals surface area contributed by atoms with Gasteiger partial charge in [-0.3, -0.25) is 0 Å². The Bertz CT molecular complexity index is 428. The Kier molecular flexibility index (Phi) is 5.42. The topological polar surface area (TPSA) is 29.5 Å². The summed E-state index contributed by atoms with van der Waals surface area (Å²) in [5, 5.41) is 10.9. The summed E-state index contributed by atoms with van der Waals surface area (Å²) in [6.07, 6.45) is 0.211. The second kappa shape index (κ2) is 6.86. The standard InChI is InChI=1S/C14H19FO2S2/c1-3-11-14(19-8-7-18-11)13(16)9-5-4-6-10(17-2)12(9)15/h4-6,11,13-14,16H,3,7-8H2,1-2H3. The molecule has 1 heterocycles. The van der Waals surface area contributed by atoms with Gasteiger partial charge < -0.3 is 9.84 Å². The van der Waals surface area contributed by atoms with E-state index in [0.717, 1.165) is 17.9 Å². The van der Waals surface area contributed by atoms with Crippen LogP contribution in [0.1, 0.15) is 25.0 Å². The molecule has 1 aliphatic heterocycles. The van der Waals surface area contributed by atoms with Crippen molar-refractivity contribution in [1.29, 1.82) is 0 Å². The van der Waals surface area contributed by atoms with Crippen LogP contribution in [0, 0.1) is 5.82 Å². The van der Waals surface area contributed by atoms with E-state index in [1.807, 2.05) is 11.8 Å². The first-order valence-electron chi connectivity index (χ1n) is 6.42. The van der Waals surface area contributed by atoms with Gasteiger partial charge in [0.2, 0.25) is 0 Å². The third-order valence-corrected chi connectivity index (χ3v) is 6.67. The lowest BCUT2D eigenvalue weighted by molar-refractivity contribution is 0.166. The van der Waals surface area contributed by atoms with E-state index in [1.165, 1.54) is 7.11 Å². The maximum absolute atomic E-state index is 14.2. The fraction of sp³-hybridized carbons (Fsp3) is 0.571. The molecule has 0 saturated carbocycles. The smallest absolute Gasteiger partial charge is 0.170 e. The lowest BCUT2D eigenvalue weighted by atomic mass is 10.0. The first-order chi connectivity index (χ1) is 9.19. The summed E-state index contributed by atoms with van der Waals surface area (Å²) in [7, 11) is 1.44. The fourth-order valence-corrected chi connectivity index (χ4v) is 5.45. The second-order valence-corrected chi connectivity index (χ2v) is 7.09. The summed E-state index contributed by atoms with van der Waals surface area (Å²) < 4.78 is 19.2. The maximum atomic E-state index is 14.2. The average molecular weight is 302 g/mol. The minimum atomic E-state index is -0.780. The van der Waals surface area contributed by atoms with Gasteiger partial charge in [0.1, 0.15) is 0 Å². The van der Waals surface area contributed by atoms with Gasteiger partial charge in [0.15, 0.2) is 11.6 Å². The van der Waals surface area contributed by atoms with Crippen molar-refractivity contribution in [3.8, 4) is 5.75 Å². The lowest BCUT2D eigenvalue weighted by Gasteiger charge is -2.33. The minimum absolute atomic E-state index is 0.0466. The van der Waals surface area contributed by atoms with Crippen LogP contribution in [-0.2, 0) is 0 Å². The number of hydrogen-bond donors (Lipinski definition) is 1. The van der Waals surface area contributed by atoms with Crippen molar-refractivity contribution in [3.63, 3.8) is 0 Å². The number of aliphatic hydroxyl groups excluding tert-OH is 1. The molecule has 0 amide bonds. The Morgan fingerprint density at radius 2 is 2.16 bits per heavy atom. The average Bonchev–Trinajstić information content (AvgIpc) is 2.46. The Morgan fingerprint density at radius 1 is 1.42 bits per heavy atom. The van der Waals surface area contributed by atoms with Crippen molar-refractivity contribution >= 4 is 23.5 Å². The molecule has 0 bridgehead atoms. The molecule has 19 heavy (non-hydrogen) atoms. The highest BCUT2D eigenvalue weighted by Crippen LogP contribution is 2.41. The van der Waals surface area contributed by atoms with E-state index in [4.69, 9.17) is 4.74 Å². The van der Waals surface area contributed by atoms with Crippen LogP contribution in [0.4, 0.5) is 4.39 Å². The lowest BCUT2D eigenvalue weighted by Crippen LogP contribution is -2.31. The Labute approximate surface area is 122 Å². The molecular weight excluding hydrogens is 283 g/mol. The maximum Gasteiger partial charge on any atom is 0.170 e. The van der Waals surface area contributed by atoms with Crippen molar-refractivity contribution in [2.45, 2.75) is 29.9 Å². The van der Waals surface area contributed by atoms with E-state index >= 15 is 0 Å². The monoisotopic (exact) mass is 302 g/mol. The van der Waals surface area contributed by atoms with Gasteiger partial charge in [-0.1, -0.05) is 19.1 Å². The number of rotatable bonds is 4. The molecule has 2 nitrogen and oxygen atoms in total. The third kappa shape index (κ3) is 3.20. The molecule has 2 rings (SSSR count). The number of benzene rings is 1. The summed E-state index contributed by atoms with van der Waals surface area (Å²) >= 11 is 3.62. The van der Waals surface area contributed by atoms with Crippen LogP contribution < -0.4 is 4.74 Å². The zero-order chi connectivity index (χ0) is 13.8. The van der Waals surface area contributed by atoms with Gasteiger partial charge in [-0.2, -0.15) is 23.5 Å². The summed E-state index contributed by atoms with van der Waals surface area (Å²) in [6.45, 7) is 2.12. The molecule has 1 aromatic rings. The van der Waals surface area contributed by atoms with E-state index in [1.54, 1.807) is 30.0 Å². The van der Waals surface area contributed by atoms with Crippen LogP contribution in [-0.4, -0.2) is 34.2 Å². The summed E-state index contributed by atoms with van der Waals surface area (Å²) in [4.78, 5) is 0. The predicted octanol–water partition coefficient (Wildman–Crippen LogP) is 3.49. The predicted molar refractivity (Wildman–Crippen MR) is 80.7 cm³/mol. The number of hydrogen-bond acceptors (Lipinski definition) is 4. The fourth-order valence-electron chi connectivity index (χ4n) is 2.32. The van der Waals surface area contributed by atoms with Crippen LogP contribution in [0.3, 0.4) is 0 Å². The molecule has 5 heteroatoms. The highest BCUT2D eigenvalue weighted by atomic mass is 32.2. The van der Waals surface area contributed by atoms with Crippen LogP contribution in [0.25, 0.3) is 0 Å². The second-order valence-electron chi connectivity index (χ2n) is 4.46. The molecule has 106 valence electrons. The Balaban J connectivity index is 2.25. The SMILES string of the molecule is CCC1SCCSC1C(O)c1cccc(OC)c1F. The van der Waals surface area contributed by atoms with Crippen molar-refractivity contribution < 1.29 is 14.2 Å². The number of ether oxygens (including phenoxy) is 1. The first kappa shape index (κ1) is 15.0. The van der Waals surface area contributed by atoms with Gasteiger partial charge in [0.25, 0.3) is 0 Å². The van der Waals surface area contributed by atoms with Crippen LogP contribution in [0.15, 0.2) is 18.2 Å². The molecule has 1 N–H and O–H groups in total. The number of aliphatic hydroxyl groups is 1. The summed E-state index contributed by atoms with van der Waals surface area (Å²) in [5.41, 5.74) is 0.345. The van der Waals surface area contributed by atoms with E-state index in [0.29, 0.717) is 10.8 Å². The number of methoxy groups -OCH3 is 1. The van der Waals surface area contributed by atoms with E-state index in [9.17, 15) is 9.50 Å². The normalized spacial score (nSPS) is 25.1. The van der Waals surface area contributed by atoms with Gasteiger partial charge in [-0.05, 0) is 12.5 Å². The minimum Gasteiger partial charge on any atom is -0.494 e. The molecule has 1 aliphatic rings. The van der Waals surface area contributed by atoms with Crippen molar-refractivity contribution in [2.75, 3.05) is 18.6 Å². The molecule has 3 unspecified atom stereocenters. The molecule has 1 aromatic carbocycles. The molecule has 0 aromatic heterocycles. The van der Waals surface area contributed by atoms with Crippen LogP contribution in [0.5, 0.6) is 5.75 Å². The molecule has 0 spiro atoms. The molecule has 3 atom stereocenters. The zero-order valence-corrected chi connectivity index (χ0v) is 12.8. The largest absolute Gasteiger partial charge is 0.494 e. The van der Waals surface area contributed by atoms with Crippen molar-refractivity contribution in [1.82, 2.24) is 0 Å². The molecule has 0 radical (unpaired) electrons. The van der Waals surface area contributed by atoms with Gasteiger partial charge >= 0.3 is 0 Å². The van der Waals surface area contributed by atoms with E-state index < -0.39 is 11.9 Å². The van der Waals surface area contributed by atoms with E-state index in [-0.39, 0.29) is 11.0 Å². The van der Waals surface area contributed by atoms with Gasteiger partial charge in [-0.25, -0.2) is 4.39 Å². The number of halogens is 1. The van der Waals surface area contributed by atoms with Gasteiger partial charge in [0.05, 0.1) is 13.2 Å². The zero-order valence-electron chi connectivity index (χ0n) is 11.1. The highest BCUT2D eigenvalue weighted by molar-refractivity contribution is 8.07. The van der Waals surface area contributed by atoms with Crippen molar-refractivity contribution in [3.05, 3.63) is 29.6 Å². The quantitative estimate of drug-likeness (QED) is 0.922. The molecule has 0 aliphatic carbocycles.